The lowest BCUT2D eigenvalue weighted by atomic mass is 9.83. The van der Waals surface area contributed by atoms with Gasteiger partial charge in [-0.2, -0.15) is 0 Å². The van der Waals surface area contributed by atoms with Gasteiger partial charge in [-0.15, -0.1) is 0 Å². The van der Waals surface area contributed by atoms with Crippen LogP contribution in [0.1, 0.15) is 52.4 Å². The second-order valence-electron chi connectivity index (χ2n) is 6.26. The quantitative estimate of drug-likeness (QED) is 0.673. The Labute approximate surface area is 110 Å². The molecule has 1 fully saturated rings. The number of rotatable bonds is 6. The Morgan fingerprint density at radius 1 is 1.39 bits per heavy atom. The Kier molecular flexibility index (Phi) is 6.09. The first-order chi connectivity index (χ1) is 8.46. The number of hydrogen-bond donors (Lipinski definition) is 3. The molecule has 2 atom stereocenters. The van der Waals surface area contributed by atoms with E-state index >= 15 is 0 Å². The Bertz CT molecular complexity index is 267. The van der Waals surface area contributed by atoms with E-state index in [2.05, 4.69) is 19.2 Å². The van der Waals surface area contributed by atoms with Crippen molar-refractivity contribution >= 4 is 5.91 Å². The Balaban J connectivity index is 2.35. The number of carbonyl (C=O) groups is 1. The Morgan fingerprint density at radius 2 is 2.06 bits per heavy atom. The molecule has 1 aliphatic carbocycles. The summed E-state index contributed by atoms with van der Waals surface area (Å²) in [5.74, 6) is 0.103. The second-order valence-corrected chi connectivity index (χ2v) is 6.26. The summed E-state index contributed by atoms with van der Waals surface area (Å²) < 4.78 is 0. The van der Waals surface area contributed by atoms with E-state index in [1.807, 2.05) is 0 Å². The zero-order valence-corrected chi connectivity index (χ0v) is 11.7. The largest absolute Gasteiger partial charge is 0.396 e. The third-order valence-corrected chi connectivity index (χ3v) is 3.91. The minimum Gasteiger partial charge on any atom is -0.396 e. The van der Waals surface area contributed by atoms with Crippen LogP contribution in [0.2, 0.25) is 0 Å². The van der Waals surface area contributed by atoms with Gasteiger partial charge in [0.2, 0.25) is 5.91 Å². The minimum absolute atomic E-state index is 0.00704. The van der Waals surface area contributed by atoms with Crippen molar-refractivity contribution in [3.8, 4) is 0 Å². The fraction of sp³-hybridized carbons (Fsp3) is 0.929. The van der Waals surface area contributed by atoms with Crippen LogP contribution in [0.4, 0.5) is 0 Å². The van der Waals surface area contributed by atoms with Crippen LogP contribution in [0.3, 0.4) is 0 Å². The lowest BCUT2D eigenvalue weighted by Crippen LogP contribution is -2.45. The van der Waals surface area contributed by atoms with Crippen molar-refractivity contribution in [2.75, 3.05) is 13.2 Å². The Hall–Kier alpha value is -0.610. The molecule has 0 radical (unpaired) electrons. The van der Waals surface area contributed by atoms with Crippen LogP contribution < -0.4 is 11.1 Å². The number of aliphatic hydroxyl groups excluding tert-OH is 1. The molecule has 1 aliphatic rings. The van der Waals surface area contributed by atoms with E-state index in [0.717, 1.165) is 38.5 Å². The normalized spacial score (nSPS) is 24.9. The van der Waals surface area contributed by atoms with Crippen molar-refractivity contribution in [3.63, 3.8) is 0 Å². The molecule has 4 nitrogen and oxygen atoms in total. The molecule has 2 unspecified atom stereocenters. The molecule has 0 heterocycles. The second kappa shape index (κ2) is 7.10. The highest BCUT2D eigenvalue weighted by Crippen LogP contribution is 2.24. The lowest BCUT2D eigenvalue weighted by Gasteiger charge is -2.30. The summed E-state index contributed by atoms with van der Waals surface area (Å²) in [5.41, 5.74) is 6.04. The maximum atomic E-state index is 12.1. The molecule has 4 N–H and O–H groups in total. The number of aliphatic hydroxyl groups is 1. The van der Waals surface area contributed by atoms with Crippen molar-refractivity contribution in [2.45, 2.75) is 58.4 Å². The number of amides is 1. The van der Waals surface area contributed by atoms with Gasteiger partial charge in [0.15, 0.2) is 0 Å². The first-order valence-corrected chi connectivity index (χ1v) is 7.10. The average Bonchev–Trinajstić information content (AvgIpc) is 2.34. The number of hydrogen-bond acceptors (Lipinski definition) is 3. The molecule has 0 bridgehead atoms. The fourth-order valence-corrected chi connectivity index (χ4v) is 2.59. The highest BCUT2D eigenvalue weighted by molar-refractivity contribution is 5.79. The number of nitrogens with one attached hydrogen (secondary N) is 1. The predicted molar refractivity (Wildman–Crippen MR) is 73.0 cm³/mol. The molecular formula is C14H28N2O2. The zero-order chi connectivity index (χ0) is 13.6. The molecule has 0 aromatic carbocycles. The molecule has 18 heavy (non-hydrogen) atoms. The first kappa shape index (κ1) is 15.4. The monoisotopic (exact) mass is 256 g/mol. The fourth-order valence-electron chi connectivity index (χ4n) is 2.59. The molecule has 0 aromatic heterocycles. The van der Waals surface area contributed by atoms with Crippen molar-refractivity contribution in [3.05, 3.63) is 0 Å². The van der Waals surface area contributed by atoms with E-state index in [9.17, 15) is 4.79 Å². The zero-order valence-electron chi connectivity index (χ0n) is 11.7. The SMILES string of the molecule is CC(C)(CCCO)CNC(=O)C1CCCCC1N. The molecule has 106 valence electrons. The van der Waals surface area contributed by atoms with Gasteiger partial charge < -0.3 is 16.2 Å². The summed E-state index contributed by atoms with van der Waals surface area (Å²) >= 11 is 0. The minimum atomic E-state index is -0.00704. The standard InChI is InChI=1S/C14H28N2O2/c1-14(2,8-5-9-17)10-16-13(18)11-6-3-4-7-12(11)15/h11-12,17H,3-10,15H2,1-2H3,(H,16,18). The number of carbonyl (C=O) groups excluding carboxylic acids is 1. The first-order valence-electron chi connectivity index (χ1n) is 7.10. The van der Waals surface area contributed by atoms with E-state index in [1.54, 1.807) is 0 Å². The summed E-state index contributed by atoms with van der Waals surface area (Å²) in [6.45, 7) is 5.10. The van der Waals surface area contributed by atoms with Gasteiger partial charge in [0, 0.05) is 19.2 Å². The molecule has 0 spiro atoms. The number of nitrogens with two attached hydrogens (primary N) is 1. The van der Waals surface area contributed by atoms with Crippen molar-refractivity contribution in [1.82, 2.24) is 5.32 Å². The summed E-state index contributed by atoms with van der Waals surface area (Å²) in [4.78, 5) is 12.1. The van der Waals surface area contributed by atoms with Crippen molar-refractivity contribution in [1.29, 1.82) is 0 Å². The smallest absolute Gasteiger partial charge is 0.224 e. The van der Waals surface area contributed by atoms with Gasteiger partial charge in [0.25, 0.3) is 0 Å². The van der Waals surface area contributed by atoms with Crippen LogP contribution >= 0.6 is 0 Å². The van der Waals surface area contributed by atoms with Gasteiger partial charge in [-0.25, -0.2) is 0 Å². The third kappa shape index (κ3) is 4.94. The van der Waals surface area contributed by atoms with E-state index < -0.39 is 0 Å². The molecule has 0 aliphatic heterocycles. The van der Waals surface area contributed by atoms with Crippen LogP contribution in [0.5, 0.6) is 0 Å². The van der Waals surface area contributed by atoms with Crippen molar-refractivity contribution < 1.29 is 9.90 Å². The highest BCUT2D eigenvalue weighted by atomic mass is 16.2. The molecular weight excluding hydrogens is 228 g/mol. The molecule has 4 heteroatoms. The van der Waals surface area contributed by atoms with Crippen molar-refractivity contribution in [2.24, 2.45) is 17.1 Å². The maximum Gasteiger partial charge on any atom is 0.224 e. The van der Waals surface area contributed by atoms with E-state index in [0.29, 0.717) is 6.54 Å². The van der Waals surface area contributed by atoms with Crippen LogP contribution in [-0.2, 0) is 4.79 Å². The van der Waals surface area contributed by atoms with Gasteiger partial charge in [0.05, 0.1) is 5.92 Å². The molecule has 1 rings (SSSR count). The summed E-state index contributed by atoms with van der Waals surface area (Å²) in [5, 5.41) is 11.9. The summed E-state index contributed by atoms with van der Waals surface area (Å²) in [6.07, 6.45) is 5.84. The predicted octanol–water partition coefficient (Wildman–Crippen LogP) is 1.42. The highest BCUT2D eigenvalue weighted by Gasteiger charge is 2.29. The molecule has 0 aromatic rings. The average molecular weight is 256 g/mol. The lowest BCUT2D eigenvalue weighted by molar-refractivity contribution is -0.126. The third-order valence-electron chi connectivity index (χ3n) is 3.91. The van der Waals surface area contributed by atoms with Crippen LogP contribution in [0.25, 0.3) is 0 Å². The molecule has 1 amide bonds. The van der Waals surface area contributed by atoms with Gasteiger partial charge in [0.1, 0.15) is 0 Å². The van der Waals surface area contributed by atoms with E-state index in [1.165, 1.54) is 0 Å². The molecule has 0 saturated heterocycles. The van der Waals surface area contributed by atoms with E-state index in [-0.39, 0.29) is 29.9 Å². The van der Waals surface area contributed by atoms with Crippen LogP contribution in [0, 0.1) is 11.3 Å². The van der Waals surface area contributed by atoms with Crippen LogP contribution in [0.15, 0.2) is 0 Å². The van der Waals surface area contributed by atoms with Gasteiger partial charge in [-0.3, -0.25) is 4.79 Å². The molecule has 1 saturated carbocycles. The topological polar surface area (TPSA) is 75.3 Å². The summed E-state index contributed by atoms with van der Waals surface area (Å²) in [7, 11) is 0. The maximum absolute atomic E-state index is 12.1. The Morgan fingerprint density at radius 3 is 2.67 bits per heavy atom. The van der Waals surface area contributed by atoms with E-state index in [4.69, 9.17) is 10.8 Å². The van der Waals surface area contributed by atoms with Gasteiger partial charge in [-0.05, 0) is 31.1 Å². The summed E-state index contributed by atoms with van der Waals surface area (Å²) in [6, 6.07) is 0.0271. The van der Waals surface area contributed by atoms with Crippen LogP contribution in [-0.4, -0.2) is 30.2 Å². The van der Waals surface area contributed by atoms with Gasteiger partial charge in [-0.1, -0.05) is 26.7 Å². The van der Waals surface area contributed by atoms with Gasteiger partial charge >= 0.3 is 0 Å².